The smallest absolute Gasteiger partial charge is 0.352 e. The number of carboxylic acid groups (broad SMARTS) is 1. The number of carbonyl (C=O) groups excluding carboxylic acids is 1. The molecule has 4 nitrogen and oxygen atoms in total. The van der Waals surface area contributed by atoms with Gasteiger partial charge in [-0.15, -0.1) is 0 Å². The zero-order valence-corrected chi connectivity index (χ0v) is 8.23. The van der Waals surface area contributed by atoms with E-state index in [1.807, 2.05) is 0 Å². The molecular formula is C11H11NO3. The lowest BCUT2D eigenvalue weighted by atomic mass is 10.2. The molecule has 0 atom stereocenters. The Labute approximate surface area is 87.2 Å². The second-order valence-corrected chi connectivity index (χ2v) is 2.83. The van der Waals surface area contributed by atoms with Crippen LogP contribution < -0.4 is 5.32 Å². The number of aliphatic carboxylic acids is 1. The quantitative estimate of drug-likeness (QED) is 0.733. The van der Waals surface area contributed by atoms with Crippen molar-refractivity contribution in [3.63, 3.8) is 0 Å². The van der Waals surface area contributed by atoms with Crippen molar-refractivity contribution < 1.29 is 14.7 Å². The SMILES string of the molecule is CC=C(NC(=O)c1ccccc1)C(=O)O. The number of benzene rings is 1. The number of rotatable bonds is 3. The van der Waals surface area contributed by atoms with Gasteiger partial charge in [0.15, 0.2) is 0 Å². The Morgan fingerprint density at radius 3 is 2.33 bits per heavy atom. The topological polar surface area (TPSA) is 66.4 Å². The molecule has 1 rings (SSSR count). The first-order valence-electron chi connectivity index (χ1n) is 4.41. The van der Waals surface area contributed by atoms with Crippen LogP contribution in [0.2, 0.25) is 0 Å². The molecule has 0 fully saturated rings. The number of allylic oxidation sites excluding steroid dienone is 1. The standard InChI is InChI=1S/C11H11NO3/c1-2-9(11(14)15)12-10(13)8-6-4-3-5-7-8/h2-7H,1H3,(H,12,13)(H,14,15). The van der Waals surface area contributed by atoms with Crippen LogP contribution in [0.3, 0.4) is 0 Å². The van der Waals surface area contributed by atoms with E-state index in [9.17, 15) is 9.59 Å². The van der Waals surface area contributed by atoms with Crippen LogP contribution in [0, 0.1) is 0 Å². The van der Waals surface area contributed by atoms with Crippen molar-refractivity contribution in [3.05, 3.63) is 47.7 Å². The molecule has 4 heteroatoms. The fourth-order valence-electron chi connectivity index (χ4n) is 1.03. The van der Waals surface area contributed by atoms with Crippen molar-refractivity contribution in [3.8, 4) is 0 Å². The molecule has 2 N–H and O–H groups in total. The summed E-state index contributed by atoms with van der Waals surface area (Å²) < 4.78 is 0. The highest BCUT2D eigenvalue weighted by Gasteiger charge is 2.11. The first-order chi connectivity index (χ1) is 7.15. The largest absolute Gasteiger partial charge is 0.477 e. The lowest BCUT2D eigenvalue weighted by Gasteiger charge is -2.04. The van der Waals surface area contributed by atoms with Gasteiger partial charge in [-0.3, -0.25) is 4.79 Å². The molecule has 0 heterocycles. The number of hydrogen-bond acceptors (Lipinski definition) is 2. The summed E-state index contributed by atoms with van der Waals surface area (Å²) in [5.41, 5.74) is 0.307. The van der Waals surface area contributed by atoms with Crippen molar-refractivity contribution in [2.45, 2.75) is 6.92 Å². The highest BCUT2D eigenvalue weighted by atomic mass is 16.4. The maximum atomic E-state index is 11.5. The van der Waals surface area contributed by atoms with E-state index in [1.165, 1.54) is 6.08 Å². The normalized spacial score (nSPS) is 10.9. The van der Waals surface area contributed by atoms with Crippen LogP contribution in [0.5, 0.6) is 0 Å². The summed E-state index contributed by atoms with van der Waals surface area (Å²) in [6.07, 6.45) is 1.34. The Morgan fingerprint density at radius 1 is 1.27 bits per heavy atom. The molecule has 0 aromatic heterocycles. The molecular weight excluding hydrogens is 194 g/mol. The summed E-state index contributed by atoms with van der Waals surface area (Å²) >= 11 is 0. The minimum absolute atomic E-state index is 0.121. The molecule has 0 aliphatic heterocycles. The molecule has 0 bridgehead atoms. The Morgan fingerprint density at radius 2 is 1.87 bits per heavy atom. The highest BCUT2D eigenvalue weighted by molar-refractivity contribution is 6.00. The third kappa shape index (κ3) is 2.95. The van der Waals surface area contributed by atoms with Crippen LogP contribution in [0.4, 0.5) is 0 Å². The van der Waals surface area contributed by atoms with Gasteiger partial charge >= 0.3 is 5.97 Å². The second-order valence-electron chi connectivity index (χ2n) is 2.83. The van der Waals surface area contributed by atoms with E-state index >= 15 is 0 Å². The van der Waals surface area contributed by atoms with Gasteiger partial charge in [0.2, 0.25) is 0 Å². The fraction of sp³-hybridized carbons (Fsp3) is 0.0909. The third-order valence-corrected chi connectivity index (χ3v) is 1.80. The Hall–Kier alpha value is -2.10. The Balaban J connectivity index is 2.77. The number of carbonyl (C=O) groups is 2. The van der Waals surface area contributed by atoms with Crippen molar-refractivity contribution in [2.75, 3.05) is 0 Å². The van der Waals surface area contributed by atoms with E-state index in [-0.39, 0.29) is 5.70 Å². The maximum absolute atomic E-state index is 11.5. The van der Waals surface area contributed by atoms with Gasteiger partial charge < -0.3 is 10.4 Å². The summed E-state index contributed by atoms with van der Waals surface area (Å²) in [5.74, 6) is -1.58. The maximum Gasteiger partial charge on any atom is 0.352 e. The van der Waals surface area contributed by atoms with Gasteiger partial charge in [-0.2, -0.15) is 0 Å². The first-order valence-corrected chi connectivity index (χ1v) is 4.41. The zero-order chi connectivity index (χ0) is 11.3. The summed E-state index contributed by atoms with van der Waals surface area (Å²) in [7, 11) is 0. The zero-order valence-electron chi connectivity index (χ0n) is 8.23. The first kappa shape index (κ1) is 11.0. The Bertz CT molecular complexity index is 396. The predicted octanol–water partition coefficient (Wildman–Crippen LogP) is 1.40. The summed E-state index contributed by atoms with van der Waals surface area (Å²) in [4.78, 5) is 22.1. The fourth-order valence-corrected chi connectivity index (χ4v) is 1.03. The van der Waals surface area contributed by atoms with Crippen LogP contribution in [-0.2, 0) is 4.79 Å². The van der Waals surface area contributed by atoms with E-state index in [4.69, 9.17) is 5.11 Å². The molecule has 15 heavy (non-hydrogen) atoms. The van der Waals surface area contributed by atoms with Crippen LogP contribution in [-0.4, -0.2) is 17.0 Å². The number of nitrogens with one attached hydrogen (secondary N) is 1. The summed E-state index contributed by atoms with van der Waals surface area (Å²) in [6.45, 7) is 1.55. The van der Waals surface area contributed by atoms with Crippen LogP contribution in [0.1, 0.15) is 17.3 Å². The van der Waals surface area contributed by atoms with E-state index in [1.54, 1.807) is 37.3 Å². The van der Waals surface area contributed by atoms with Crippen molar-refractivity contribution in [1.82, 2.24) is 5.32 Å². The minimum Gasteiger partial charge on any atom is -0.477 e. The van der Waals surface area contributed by atoms with Crippen molar-refractivity contribution in [1.29, 1.82) is 0 Å². The molecule has 0 aliphatic carbocycles. The van der Waals surface area contributed by atoms with Gasteiger partial charge in [-0.1, -0.05) is 24.3 Å². The molecule has 1 aromatic rings. The van der Waals surface area contributed by atoms with Gasteiger partial charge in [-0.25, -0.2) is 4.79 Å². The molecule has 1 aromatic carbocycles. The molecule has 0 aliphatic rings. The molecule has 0 spiro atoms. The van der Waals surface area contributed by atoms with Gasteiger partial charge in [0.25, 0.3) is 5.91 Å². The molecule has 0 saturated heterocycles. The van der Waals surface area contributed by atoms with Gasteiger partial charge in [0, 0.05) is 5.56 Å². The van der Waals surface area contributed by atoms with E-state index in [0.29, 0.717) is 5.56 Å². The van der Waals surface area contributed by atoms with Crippen molar-refractivity contribution in [2.24, 2.45) is 0 Å². The van der Waals surface area contributed by atoms with Crippen LogP contribution in [0.15, 0.2) is 42.1 Å². The molecule has 0 radical (unpaired) electrons. The van der Waals surface area contributed by atoms with Gasteiger partial charge in [0.1, 0.15) is 5.70 Å². The average molecular weight is 205 g/mol. The van der Waals surface area contributed by atoms with Gasteiger partial charge in [0.05, 0.1) is 0 Å². The summed E-state index contributed by atoms with van der Waals surface area (Å²) in [5, 5.41) is 11.0. The number of hydrogen-bond donors (Lipinski definition) is 2. The predicted molar refractivity (Wildman–Crippen MR) is 55.3 cm³/mol. The molecule has 78 valence electrons. The number of carboxylic acids is 1. The average Bonchev–Trinajstić information content (AvgIpc) is 2.26. The molecule has 0 saturated carbocycles. The number of amides is 1. The lowest BCUT2D eigenvalue weighted by Crippen LogP contribution is -2.27. The van der Waals surface area contributed by atoms with Gasteiger partial charge in [-0.05, 0) is 19.1 Å². The van der Waals surface area contributed by atoms with E-state index < -0.39 is 11.9 Å². The molecule has 0 unspecified atom stereocenters. The summed E-state index contributed by atoms with van der Waals surface area (Å²) in [6, 6.07) is 8.44. The Kier molecular flexibility index (Phi) is 3.62. The lowest BCUT2D eigenvalue weighted by molar-refractivity contribution is -0.133. The van der Waals surface area contributed by atoms with E-state index in [0.717, 1.165) is 0 Å². The highest BCUT2D eigenvalue weighted by Crippen LogP contribution is 2.00. The van der Waals surface area contributed by atoms with Crippen LogP contribution in [0.25, 0.3) is 0 Å². The third-order valence-electron chi connectivity index (χ3n) is 1.80. The monoisotopic (exact) mass is 205 g/mol. The molecule has 1 amide bonds. The van der Waals surface area contributed by atoms with Crippen LogP contribution >= 0.6 is 0 Å². The van der Waals surface area contributed by atoms with E-state index in [2.05, 4.69) is 5.32 Å². The second kappa shape index (κ2) is 4.95. The minimum atomic E-state index is -1.15. The van der Waals surface area contributed by atoms with Crippen molar-refractivity contribution >= 4 is 11.9 Å².